The number of amides is 1. The lowest BCUT2D eigenvalue weighted by Gasteiger charge is -2.44. The number of likely N-dealkylation sites (tertiary alicyclic amines) is 1. The standard InChI is InChI=1S/C16H22ClNO3S/c1-15(2,3)21-14(19)18-7-5-16(6-8-18)11-10-13(17)22-12(11)4-9-20-16/h10H,4-9H2,1-3H3. The number of thiophene rings is 1. The zero-order chi connectivity index (χ0) is 16.0. The van der Waals surface area contributed by atoms with Gasteiger partial charge in [0.1, 0.15) is 5.60 Å². The summed E-state index contributed by atoms with van der Waals surface area (Å²) in [6, 6.07) is 2.05. The molecular formula is C16H22ClNO3S. The van der Waals surface area contributed by atoms with Crippen LogP contribution in [0.5, 0.6) is 0 Å². The Bertz CT molecular complexity index is 570. The zero-order valence-electron chi connectivity index (χ0n) is 13.3. The van der Waals surface area contributed by atoms with E-state index < -0.39 is 5.60 Å². The average molecular weight is 344 g/mol. The molecule has 0 aliphatic carbocycles. The first-order chi connectivity index (χ1) is 10.3. The molecule has 0 radical (unpaired) electrons. The Kier molecular flexibility index (Phi) is 4.16. The van der Waals surface area contributed by atoms with Gasteiger partial charge in [-0.25, -0.2) is 4.79 Å². The van der Waals surface area contributed by atoms with Crippen molar-refractivity contribution in [2.75, 3.05) is 19.7 Å². The summed E-state index contributed by atoms with van der Waals surface area (Å²) in [5.41, 5.74) is 0.509. The molecule has 2 aliphatic rings. The van der Waals surface area contributed by atoms with Gasteiger partial charge in [0.2, 0.25) is 0 Å². The molecule has 0 saturated carbocycles. The highest BCUT2D eigenvalue weighted by Crippen LogP contribution is 2.45. The van der Waals surface area contributed by atoms with Gasteiger partial charge in [-0.05, 0) is 45.2 Å². The summed E-state index contributed by atoms with van der Waals surface area (Å²) in [7, 11) is 0. The van der Waals surface area contributed by atoms with Crippen LogP contribution in [0.2, 0.25) is 4.34 Å². The molecule has 0 N–H and O–H groups in total. The molecule has 122 valence electrons. The fourth-order valence-corrected chi connectivity index (χ4v) is 4.52. The van der Waals surface area contributed by atoms with E-state index in [1.165, 1.54) is 10.4 Å². The van der Waals surface area contributed by atoms with Crippen LogP contribution in [-0.4, -0.2) is 36.3 Å². The van der Waals surface area contributed by atoms with Crippen molar-refractivity contribution in [1.29, 1.82) is 0 Å². The number of rotatable bonds is 0. The molecule has 1 aromatic heterocycles. The number of piperidine rings is 1. The highest BCUT2D eigenvalue weighted by Gasteiger charge is 2.43. The molecule has 0 aromatic carbocycles. The van der Waals surface area contributed by atoms with Gasteiger partial charge in [-0.2, -0.15) is 0 Å². The van der Waals surface area contributed by atoms with Crippen molar-refractivity contribution >= 4 is 29.0 Å². The van der Waals surface area contributed by atoms with E-state index >= 15 is 0 Å². The Morgan fingerprint density at radius 2 is 2.09 bits per heavy atom. The van der Waals surface area contributed by atoms with Crippen LogP contribution in [0.15, 0.2) is 6.07 Å². The van der Waals surface area contributed by atoms with Gasteiger partial charge in [0, 0.05) is 24.4 Å². The van der Waals surface area contributed by atoms with E-state index in [2.05, 4.69) is 0 Å². The average Bonchev–Trinajstić information content (AvgIpc) is 2.80. The molecule has 6 heteroatoms. The first kappa shape index (κ1) is 16.1. The van der Waals surface area contributed by atoms with E-state index in [1.54, 1.807) is 16.2 Å². The number of fused-ring (bicyclic) bond motifs is 2. The molecule has 1 aromatic rings. The Balaban J connectivity index is 1.71. The van der Waals surface area contributed by atoms with Gasteiger partial charge in [0.05, 0.1) is 16.5 Å². The van der Waals surface area contributed by atoms with Crippen LogP contribution in [0.3, 0.4) is 0 Å². The van der Waals surface area contributed by atoms with Crippen molar-refractivity contribution in [2.24, 2.45) is 0 Å². The highest BCUT2D eigenvalue weighted by atomic mass is 35.5. The van der Waals surface area contributed by atoms with Crippen LogP contribution >= 0.6 is 22.9 Å². The minimum atomic E-state index is -0.457. The molecule has 4 nitrogen and oxygen atoms in total. The number of hydrogen-bond donors (Lipinski definition) is 0. The Morgan fingerprint density at radius 1 is 1.41 bits per heavy atom. The maximum Gasteiger partial charge on any atom is 0.410 e. The van der Waals surface area contributed by atoms with Crippen LogP contribution in [0.1, 0.15) is 44.1 Å². The van der Waals surface area contributed by atoms with Gasteiger partial charge < -0.3 is 14.4 Å². The Morgan fingerprint density at radius 3 is 2.73 bits per heavy atom. The Hall–Kier alpha value is -0.780. The molecule has 22 heavy (non-hydrogen) atoms. The van der Waals surface area contributed by atoms with Crippen LogP contribution in [0, 0.1) is 0 Å². The lowest BCUT2D eigenvalue weighted by atomic mass is 9.82. The van der Waals surface area contributed by atoms with Crippen LogP contribution in [0.4, 0.5) is 4.79 Å². The molecule has 1 saturated heterocycles. The minimum absolute atomic E-state index is 0.235. The van der Waals surface area contributed by atoms with E-state index in [9.17, 15) is 4.79 Å². The van der Waals surface area contributed by atoms with Crippen molar-refractivity contribution < 1.29 is 14.3 Å². The smallest absolute Gasteiger partial charge is 0.410 e. The lowest BCUT2D eigenvalue weighted by molar-refractivity contribution is -0.0969. The third-order valence-corrected chi connectivity index (χ3v) is 5.52. The molecule has 3 heterocycles. The predicted molar refractivity (Wildman–Crippen MR) is 87.7 cm³/mol. The number of nitrogens with zero attached hydrogens (tertiary/aromatic N) is 1. The molecule has 0 unspecified atom stereocenters. The summed E-state index contributed by atoms with van der Waals surface area (Å²) in [5.74, 6) is 0. The van der Waals surface area contributed by atoms with Crippen LogP contribution < -0.4 is 0 Å². The maximum absolute atomic E-state index is 12.2. The first-order valence-electron chi connectivity index (χ1n) is 7.70. The summed E-state index contributed by atoms with van der Waals surface area (Å²) in [5, 5.41) is 0. The van der Waals surface area contributed by atoms with E-state index in [0.29, 0.717) is 13.1 Å². The van der Waals surface area contributed by atoms with Crippen molar-refractivity contribution in [3.8, 4) is 0 Å². The van der Waals surface area contributed by atoms with Gasteiger partial charge in [-0.1, -0.05) is 11.6 Å². The molecule has 3 rings (SSSR count). The summed E-state index contributed by atoms with van der Waals surface area (Å²) in [4.78, 5) is 15.3. The van der Waals surface area contributed by atoms with Gasteiger partial charge in [-0.3, -0.25) is 0 Å². The van der Waals surface area contributed by atoms with E-state index in [0.717, 1.165) is 30.2 Å². The van der Waals surface area contributed by atoms with Crippen molar-refractivity contribution in [3.05, 3.63) is 20.8 Å². The van der Waals surface area contributed by atoms with Crippen molar-refractivity contribution in [2.45, 2.75) is 51.2 Å². The van der Waals surface area contributed by atoms with E-state index in [-0.39, 0.29) is 11.7 Å². The van der Waals surface area contributed by atoms with Gasteiger partial charge in [-0.15, -0.1) is 11.3 Å². The van der Waals surface area contributed by atoms with Crippen LogP contribution in [-0.2, 0) is 21.5 Å². The second-order valence-electron chi connectivity index (χ2n) is 6.95. The number of carbonyl (C=O) groups is 1. The van der Waals surface area contributed by atoms with E-state index in [4.69, 9.17) is 21.1 Å². The third-order valence-electron chi connectivity index (χ3n) is 4.20. The van der Waals surface area contributed by atoms with E-state index in [1.807, 2.05) is 26.8 Å². The van der Waals surface area contributed by atoms with Gasteiger partial charge >= 0.3 is 6.09 Å². The minimum Gasteiger partial charge on any atom is -0.444 e. The second kappa shape index (κ2) is 5.69. The summed E-state index contributed by atoms with van der Waals surface area (Å²) >= 11 is 7.84. The molecule has 2 aliphatic heterocycles. The quantitative estimate of drug-likeness (QED) is 0.708. The lowest BCUT2D eigenvalue weighted by Crippen LogP contribution is -2.49. The highest BCUT2D eigenvalue weighted by molar-refractivity contribution is 7.16. The number of carbonyl (C=O) groups excluding carboxylic acids is 1. The predicted octanol–water partition coefficient (Wildman–Crippen LogP) is 4.20. The number of halogens is 1. The fraction of sp³-hybridized carbons (Fsp3) is 0.688. The fourth-order valence-electron chi connectivity index (χ4n) is 3.17. The number of ether oxygens (including phenoxy) is 2. The molecule has 0 bridgehead atoms. The molecule has 1 spiro atoms. The molecule has 1 fully saturated rings. The van der Waals surface area contributed by atoms with Gasteiger partial charge in [0.15, 0.2) is 0 Å². The number of hydrogen-bond acceptors (Lipinski definition) is 4. The largest absolute Gasteiger partial charge is 0.444 e. The molecule has 0 atom stereocenters. The molecule has 1 amide bonds. The zero-order valence-corrected chi connectivity index (χ0v) is 14.9. The topological polar surface area (TPSA) is 38.8 Å². The second-order valence-corrected chi connectivity index (χ2v) is 8.72. The van der Waals surface area contributed by atoms with Crippen molar-refractivity contribution in [3.63, 3.8) is 0 Å². The monoisotopic (exact) mass is 343 g/mol. The molecular weight excluding hydrogens is 322 g/mol. The van der Waals surface area contributed by atoms with Crippen LogP contribution in [0.25, 0.3) is 0 Å². The summed E-state index contributed by atoms with van der Waals surface area (Å²) < 4.78 is 12.4. The SMILES string of the molecule is CC(C)(C)OC(=O)N1CCC2(CC1)OCCc1sc(Cl)cc12. The third kappa shape index (κ3) is 3.12. The first-order valence-corrected chi connectivity index (χ1v) is 8.89. The maximum atomic E-state index is 12.2. The summed E-state index contributed by atoms with van der Waals surface area (Å²) in [6.45, 7) is 7.71. The normalized spacial score (nSPS) is 20.8. The summed E-state index contributed by atoms with van der Waals surface area (Å²) in [6.07, 6.45) is 2.30. The Labute approximate surface area is 140 Å². The van der Waals surface area contributed by atoms with Gasteiger partial charge in [0.25, 0.3) is 0 Å². The van der Waals surface area contributed by atoms with Crippen molar-refractivity contribution in [1.82, 2.24) is 4.90 Å².